The van der Waals surface area contributed by atoms with Gasteiger partial charge in [0.2, 0.25) is 0 Å². The summed E-state index contributed by atoms with van der Waals surface area (Å²) in [6.07, 6.45) is 0. The predicted molar refractivity (Wildman–Crippen MR) is 224 cm³/mol. The summed E-state index contributed by atoms with van der Waals surface area (Å²) in [6, 6.07) is 75.5. The van der Waals surface area contributed by atoms with E-state index in [-0.39, 0.29) is 0 Å². The van der Waals surface area contributed by atoms with Gasteiger partial charge in [-0.1, -0.05) is 182 Å². The second kappa shape index (κ2) is 12.5. The van der Waals surface area contributed by atoms with Gasteiger partial charge in [0.05, 0.1) is 0 Å². The largest absolute Gasteiger partial charge is 0.0622 e. The van der Waals surface area contributed by atoms with Crippen LogP contribution in [-0.2, 0) is 0 Å². The zero-order valence-corrected chi connectivity index (χ0v) is 28.6. The third kappa shape index (κ3) is 5.25. The highest BCUT2D eigenvalue weighted by Gasteiger charge is 2.17. The maximum absolute atomic E-state index is 2.37. The first-order valence-corrected chi connectivity index (χ1v) is 18.0. The zero-order chi connectivity index (χ0) is 34.4. The maximum Gasteiger partial charge on any atom is -0.00262 e. The Morgan fingerprint density at radius 1 is 0.173 bits per heavy atom. The molecule has 0 saturated carbocycles. The van der Waals surface area contributed by atoms with Crippen molar-refractivity contribution < 1.29 is 0 Å². The number of hydrogen-bond donors (Lipinski definition) is 0. The zero-order valence-electron chi connectivity index (χ0n) is 28.6. The SMILES string of the molecule is c1ccc(-c2cccc(-c3ccc4cc(-c5c6ccccc6c(-c6ccc(-c7ccc8ccccc8c7)cc6)c6ccccc56)ccc4c3)c2)cc1. The molecule has 0 amide bonds. The predicted octanol–water partition coefficient (Wildman–Crippen LogP) is 14.6. The van der Waals surface area contributed by atoms with E-state index in [1.807, 2.05) is 0 Å². The summed E-state index contributed by atoms with van der Waals surface area (Å²) in [4.78, 5) is 0. The molecule has 0 N–H and O–H groups in total. The van der Waals surface area contributed by atoms with Gasteiger partial charge >= 0.3 is 0 Å². The lowest BCUT2D eigenvalue weighted by molar-refractivity contribution is 1.60. The van der Waals surface area contributed by atoms with E-state index in [1.54, 1.807) is 0 Å². The Kier molecular flexibility index (Phi) is 7.25. The molecule has 0 fully saturated rings. The van der Waals surface area contributed by atoms with Crippen molar-refractivity contribution in [2.75, 3.05) is 0 Å². The Bertz CT molecular complexity index is 2880. The van der Waals surface area contributed by atoms with Crippen LogP contribution in [0.5, 0.6) is 0 Å². The quantitative estimate of drug-likeness (QED) is 0.161. The Labute approximate surface area is 303 Å². The molecule has 10 rings (SSSR count). The van der Waals surface area contributed by atoms with Crippen molar-refractivity contribution in [2.45, 2.75) is 0 Å². The normalized spacial score (nSPS) is 11.5. The van der Waals surface area contributed by atoms with E-state index in [9.17, 15) is 0 Å². The van der Waals surface area contributed by atoms with E-state index in [2.05, 4.69) is 206 Å². The fraction of sp³-hybridized carbons (Fsp3) is 0. The minimum absolute atomic E-state index is 1.22. The van der Waals surface area contributed by atoms with Gasteiger partial charge in [0, 0.05) is 0 Å². The van der Waals surface area contributed by atoms with Gasteiger partial charge in [0.15, 0.2) is 0 Å². The summed E-state index contributed by atoms with van der Waals surface area (Å²) in [7, 11) is 0. The average molecular weight is 659 g/mol. The first-order chi connectivity index (χ1) is 25.8. The van der Waals surface area contributed by atoms with Crippen LogP contribution in [0.3, 0.4) is 0 Å². The van der Waals surface area contributed by atoms with Crippen LogP contribution in [0.2, 0.25) is 0 Å². The smallest absolute Gasteiger partial charge is 0.00262 e. The molecule has 0 aliphatic rings. The summed E-state index contributed by atoms with van der Waals surface area (Å²) in [6.45, 7) is 0. The summed E-state index contributed by atoms with van der Waals surface area (Å²) < 4.78 is 0. The fourth-order valence-electron chi connectivity index (χ4n) is 8.04. The van der Waals surface area contributed by atoms with Crippen molar-refractivity contribution in [2.24, 2.45) is 0 Å². The van der Waals surface area contributed by atoms with Crippen LogP contribution in [0, 0.1) is 0 Å². The number of rotatable bonds is 5. The molecule has 0 atom stereocenters. The highest BCUT2D eigenvalue weighted by molar-refractivity contribution is 6.21. The Hall–Kier alpha value is -6.76. The second-order valence-corrected chi connectivity index (χ2v) is 13.7. The van der Waals surface area contributed by atoms with E-state index in [1.165, 1.54) is 98.7 Å². The Morgan fingerprint density at radius 3 is 1.15 bits per heavy atom. The molecular formula is C52H34. The molecule has 10 aromatic rings. The molecule has 52 heavy (non-hydrogen) atoms. The summed E-state index contributed by atoms with van der Waals surface area (Å²) in [5, 5.41) is 10.1. The lowest BCUT2D eigenvalue weighted by Gasteiger charge is -2.18. The van der Waals surface area contributed by atoms with Crippen LogP contribution < -0.4 is 0 Å². The molecule has 0 spiro atoms. The van der Waals surface area contributed by atoms with Crippen LogP contribution in [0.15, 0.2) is 206 Å². The molecule has 0 nitrogen and oxygen atoms in total. The Balaban J connectivity index is 1.07. The maximum atomic E-state index is 2.37. The first-order valence-electron chi connectivity index (χ1n) is 18.0. The van der Waals surface area contributed by atoms with E-state index in [0.29, 0.717) is 0 Å². The van der Waals surface area contributed by atoms with Gasteiger partial charge < -0.3 is 0 Å². The highest BCUT2D eigenvalue weighted by atomic mass is 14.2. The summed E-state index contributed by atoms with van der Waals surface area (Å²) in [5.41, 5.74) is 12.4. The van der Waals surface area contributed by atoms with Crippen LogP contribution in [0.4, 0.5) is 0 Å². The minimum atomic E-state index is 1.22. The minimum Gasteiger partial charge on any atom is -0.0622 e. The van der Waals surface area contributed by atoms with Gasteiger partial charge in [-0.05, 0) is 123 Å². The molecule has 242 valence electrons. The second-order valence-electron chi connectivity index (χ2n) is 13.7. The monoisotopic (exact) mass is 658 g/mol. The number of hydrogen-bond acceptors (Lipinski definition) is 0. The van der Waals surface area contributed by atoms with Crippen LogP contribution in [0.1, 0.15) is 0 Å². The van der Waals surface area contributed by atoms with E-state index in [0.717, 1.165) is 0 Å². The van der Waals surface area contributed by atoms with Crippen molar-refractivity contribution in [3.8, 4) is 55.6 Å². The van der Waals surface area contributed by atoms with Crippen molar-refractivity contribution in [3.05, 3.63) is 206 Å². The fourth-order valence-corrected chi connectivity index (χ4v) is 8.04. The van der Waals surface area contributed by atoms with Crippen LogP contribution >= 0.6 is 0 Å². The summed E-state index contributed by atoms with van der Waals surface area (Å²) >= 11 is 0. The number of benzene rings is 10. The van der Waals surface area contributed by atoms with Gasteiger partial charge in [-0.3, -0.25) is 0 Å². The molecular weight excluding hydrogens is 625 g/mol. The summed E-state index contributed by atoms with van der Waals surface area (Å²) in [5.74, 6) is 0. The first kappa shape index (κ1) is 30.1. The molecule has 10 aromatic carbocycles. The third-order valence-electron chi connectivity index (χ3n) is 10.6. The van der Waals surface area contributed by atoms with Crippen LogP contribution in [-0.4, -0.2) is 0 Å². The lowest BCUT2D eigenvalue weighted by atomic mass is 9.85. The van der Waals surface area contributed by atoms with Gasteiger partial charge in [-0.25, -0.2) is 0 Å². The number of fused-ring (bicyclic) bond motifs is 4. The van der Waals surface area contributed by atoms with E-state index < -0.39 is 0 Å². The molecule has 0 aliphatic heterocycles. The van der Waals surface area contributed by atoms with Crippen LogP contribution in [0.25, 0.3) is 98.7 Å². The Morgan fingerprint density at radius 2 is 0.519 bits per heavy atom. The van der Waals surface area contributed by atoms with Gasteiger partial charge in [-0.15, -0.1) is 0 Å². The highest BCUT2D eigenvalue weighted by Crippen LogP contribution is 2.44. The third-order valence-corrected chi connectivity index (χ3v) is 10.6. The standard InChI is InChI=1S/C52H34/c1-2-11-35(12-3-1)40-15-10-16-41(31-40)43-27-28-45-34-46(30-29-44(45)33-43)52-49-19-8-6-17-47(49)51(48-18-7-9-20-50(48)52)38-24-21-37(22-25-38)42-26-23-36-13-4-5-14-39(36)32-42/h1-34H. The molecule has 0 aliphatic carbocycles. The van der Waals surface area contributed by atoms with Crippen molar-refractivity contribution in [1.29, 1.82) is 0 Å². The van der Waals surface area contributed by atoms with Crippen molar-refractivity contribution >= 4 is 43.1 Å². The van der Waals surface area contributed by atoms with Gasteiger partial charge in [-0.2, -0.15) is 0 Å². The van der Waals surface area contributed by atoms with Gasteiger partial charge in [0.25, 0.3) is 0 Å². The molecule has 0 aromatic heterocycles. The lowest BCUT2D eigenvalue weighted by Crippen LogP contribution is -1.91. The van der Waals surface area contributed by atoms with E-state index in [4.69, 9.17) is 0 Å². The average Bonchev–Trinajstić information content (AvgIpc) is 3.22. The van der Waals surface area contributed by atoms with Gasteiger partial charge in [0.1, 0.15) is 0 Å². The van der Waals surface area contributed by atoms with Crippen molar-refractivity contribution in [1.82, 2.24) is 0 Å². The topological polar surface area (TPSA) is 0 Å². The molecule has 0 bridgehead atoms. The van der Waals surface area contributed by atoms with E-state index >= 15 is 0 Å². The molecule has 0 unspecified atom stereocenters. The van der Waals surface area contributed by atoms with Crippen molar-refractivity contribution in [3.63, 3.8) is 0 Å². The molecule has 0 heterocycles. The molecule has 0 radical (unpaired) electrons. The molecule has 0 saturated heterocycles. The molecule has 0 heteroatoms.